The number of hydrogen-bond acceptors (Lipinski definition) is 2. The fourth-order valence-electron chi connectivity index (χ4n) is 7.18. The topological polar surface area (TPSA) is 26.3 Å². The monoisotopic (exact) mass is 713 g/mol. The Labute approximate surface area is 321 Å². The zero-order valence-corrected chi connectivity index (χ0v) is 35.1. The Morgan fingerprint density at radius 3 is 0.941 bits per heavy atom. The maximum absolute atomic E-state index is 11.9. The molecule has 300 valence electrons. The van der Waals surface area contributed by atoms with Crippen molar-refractivity contribution in [1.29, 1.82) is 0 Å². The summed E-state index contributed by atoms with van der Waals surface area (Å²) in [4.78, 5) is 11.9. The second-order valence-electron chi connectivity index (χ2n) is 15.9. The van der Waals surface area contributed by atoms with E-state index in [-0.39, 0.29) is 5.97 Å². The molecule has 0 aliphatic carbocycles. The van der Waals surface area contributed by atoms with Crippen molar-refractivity contribution in [1.82, 2.24) is 0 Å². The maximum atomic E-state index is 11.9. The molecule has 0 spiro atoms. The van der Waals surface area contributed by atoms with Crippen molar-refractivity contribution in [2.45, 2.75) is 264 Å². The van der Waals surface area contributed by atoms with Crippen molar-refractivity contribution in [3.63, 3.8) is 0 Å². The van der Waals surface area contributed by atoms with Crippen molar-refractivity contribution < 1.29 is 9.53 Å². The number of allylic oxidation sites excluding steroid dienone is 5. The minimum Gasteiger partial charge on any atom is -0.463 e. The lowest BCUT2D eigenvalue weighted by Gasteiger charge is -2.05. The van der Waals surface area contributed by atoms with Crippen LogP contribution in [-0.2, 0) is 9.53 Å². The second kappa shape index (κ2) is 46.7. The largest absolute Gasteiger partial charge is 0.463 e. The Hall–Kier alpha value is -1.31. The van der Waals surface area contributed by atoms with Crippen LogP contribution >= 0.6 is 0 Å². The number of esters is 1. The maximum Gasteiger partial charge on any atom is 0.330 e. The number of rotatable bonds is 43. The molecular weight excluding hydrogens is 621 g/mol. The van der Waals surface area contributed by atoms with Crippen molar-refractivity contribution in [2.75, 3.05) is 6.61 Å². The van der Waals surface area contributed by atoms with E-state index in [1.54, 1.807) is 6.08 Å². The Kier molecular flexibility index (Phi) is 45.5. The number of carbonyl (C=O) groups is 1. The van der Waals surface area contributed by atoms with Crippen LogP contribution in [0.4, 0.5) is 0 Å². The highest BCUT2D eigenvalue weighted by atomic mass is 16.5. The van der Waals surface area contributed by atoms with E-state index < -0.39 is 0 Å². The molecule has 0 fully saturated rings. The van der Waals surface area contributed by atoms with Gasteiger partial charge < -0.3 is 4.74 Å². The van der Waals surface area contributed by atoms with E-state index in [1.165, 1.54) is 244 Å². The molecule has 2 heteroatoms. The molecule has 0 saturated carbocycles. The van der Waals surface area contributed by atoms with Crippen LogP contribution in [0, 0.1) is 0 Å². The van der Waals surface area contributed by atoms with E-state index in [9.17, 15) is 4.79 Å². The molecule has 0 aliphatic rings. The van der Waals surface area contributed by atoms with Crippen molar-refractivity contribution >= 4 is 5.97 Å². The van der Waals surface area contributed by atoms with Crippen LogP contribution in [0.1, 0.15) is 264 Å². The molecule has 0 saturated heterocycles. The van der Waals surface area contributed by atoms with E-state index in [0.717, 1.165) is 12.8 Å². The lowest BCUT2D eigenvalue weighted by molar-refractivity contribution is -0.137. The van der Waals surface area contributed by atoms with Gasteiger partial charge in [-0.15, -0.1) is 0 Å². The van der Waals surface area contributed by atoms with Crippen LogP contribution in [0.25, 0.3) is 0 Å². The fourth-order valence-corrected chi connectivity index (χ4v) is 7.18. The average molecular weight is 713 g/mol. The minimum atomic E-state index is -0.223. The van der Waals surface area contributed by atoms with Gasteiger partial charge in [0.05, 0.1) is 6.61 Å². The number of hydrogen-bond donors (Lipinski definition) is 0. The molecule has 0 rings (SSSR count). The molecule has 0 bridgehead atoms. The predicted molar refractivity (Wildman–Crippen MR) is 230 cm³/mol. The molecule has 0 aromatic heterocycles. The van der Waals surface area contributed by atoms with Crippen molar-refractivity contribution in [3.05, 3.63) is 36.5 Å². The quantitative estimate of drug-likeness (QED) is 0.0272. The smallest absolute Gasteiger partial charge is 0.330 e. The Morgan fingerprint density at radius 1 is 0.333 bits per heavy atom. The Balaban J connectivity index is 3.26. The summed E-state index contributed by atoms with van der Waals surface area (Å²) in [5, 5.41) is 0. The van der Waals surface area contributed by atoms with Gasteiger partial charge in [0.25, 0.3) is 0 Å². The molecule has 0 N–H and O–H groups in total. The average Bonchev–Trinajstić information content (AvgIpc) is 3.14. The third-order valence-corrected chi connectivity index (χ3v) is 10.7. The van der Waals surface area contributed by atoms with Gasteiger partial charge in [0.1, 0.15) is 0 Å². The van der Waals surface area contributed by atoms with E-state index in [1.807, 2.05) is 12.2 Å². The van der Waals surface area contributed by atoms with Gasteiger partial charge in [-0.05, 0) is 19.3 Å². The first-order valence-electron chi connectivity index (χ1n) is 23.5. The molecule has 0 aliphatic heterocycles. The summed E-state index contributed by atoms with van der Waals surface area (Å²) in [5.41, 5.74) is 0. The van der Waals surface area contributed by atoms with Crippen LogP contribution in [-0.4, -0.2) is 12.6 Å². The van der Waals surface area contributed by atoms with Gasteiger partial charge in [0.2, 0.25) is 0 Å². The summed E-state index contributed by atoms with van der Waals surface area (Å²) >= 11 is 0. The van der Waals surface area contributed by atoms with Gasteiger partial charge in [-0.2, -0.15) is 0 Å². The highest BCUT2D eigenvalue weighted by molar-refractivity contribution is 5.82. The summed E-state index contributed by atoms with van der Waals surface area (Å²) in [7, 11) is 0. The lowest BCUT2D eigenvalue weighted by Crippen LogP contribution is -2.02. The summed E-state index contributed by atoms with van der Waals surface area (Å²) in [6, 6.07) is 0. The van der Waals surface area contributed by atoms with E-state index in [4.69, 9.17) is 4.74 Å². The summed E-state index contributed by atoms with van der Waals surface area (Å²) < 4.78 is 5.35. The number of carbonyl (C=O) groups excluding carboxylic acids is 1. The molecule has 0 aromatic rings. The Bertz CT molecular complexity index is 734. The summed E-state index contributed by atoms with van der Waals surface area (Å²) in [6.07, 6.45) is 66.0. The van der Waals surface area contributed by atoms with E-state index in [2.05, 4.69) is 26.0 Å². The Morgan fingerprint density at radius 2 is 0.608 bits per heavy atom. The highest BCUT2D eigenvalue weighted by Gasteiger charge is 1.99. The first-order chi connectivity index (χ1) is 25.3. The van der Waals surface area contributed by atoms with Gasteiger partial charge in [-0.1, -0.05) is 275 Å². The van der Waals surface area contributed by atoms with Gasteiger partial charge in [0, 0.05) is 6.08 Å². The normalized spacial score (nSPS) is 12.0. The third kappa shape index (κ3) is 46.7. The standard InChI is InChI=1S/C49H92O2/c1-3-5-7-9-11-13-15-17-19-21-22-23-24-25-26-27-28-29-30-32-34-36-38-40-42-44-46-48-51-49(50)47-45-43-41-39-37-35-33-31-20-18-16-14-12-10-8-6-4-2/h37,39,41,43,45,47H,3-36,38,40,42,44,46,48H2,1-2H3. The molecule has 0 atom stereocenters. The van der Waals surface area contributed by atoms with E-state index >= 15 is 0 Å². The molecule has 0 radical (unpaired) electrons. The summed E-state index contributed by atoms with van der Waals surface area (Å²) in [5.74, 6) is -0.223. The van der Waals surface area contributed by atoms with Crippen LogP contribution < -0.4 is 0 Å². The van der Waals surface area contributed by atoms with Gasteiger partial charge in [-0.25, -0.2) is 4.79 Å². The van der Waals surface area contributed by atoms with Crippen LogP contribution in [0.3, 0.4) is 0 Å². The van der Waals surface area contributed by atoms with Crippen LogP contribution in [0.15, 0.2) is 36.5 Å². The zero-order valence-electron chi connectivity index (χ0n) is 35.1. The van der Waals surface area contributed by atoms with Gasteiger partial charge >= 0.3 is 5.97 Å². The number of unbranched alkanes of at least 4 members (excludes halogenated alkanes) is 37. The number of ether oxygens (including phenoxy) is 1. The predicted octanol–water partition coefficient (Wildman–Crippen LogP) is 17.5. The van der Waals surface area contributed by atoms with Crippen molar-refractivity contribution in [2.24, 2.45) is 0 Å². The minimum absolute atomic E-state index is 0.223. The second-order valence-corrected chi connectivity index (χ2v) is 15.9. The first-order valence-corrected chi connectivity index (χ1v) is 23.5. The van der Waals surface area contributed by atoms with Gasteiger partial charge in [0.15, 0.2) is 0 Å². The molecule has 2 nitrogen and oxygen atoms in total. The molecular formula is C49H92O2. The van der Waals surface area contributed by atoms with Crippen LogP contribution in [0.2, 0.25) is 0 Å². The molecule has 0 aromatic carbocycles. The SMILES string of the molecule is CCCCCCCCCCCCCC=CC=CC=CC(=O)OCCCCCCCCCCCCCCCCCCCCCCCCCCCCC. The first kappa shape index (κ1) is 49.7. The highest BCUT2D eigenvalue weighted by Crippen LogP contribution is 2.16. The fraction of sp³-hybridized carbons (Fsp3) is 0.857. The molecule has 0 amide bonds. The molecule has 0 heterocycles. The third-order valence-electron chi connectivity index (χ3n) is 10.7. The molecule has 51 heavy (non-hydrogen) atoms. The summed E-state index contributed by atoms with van der Waals surface area (Å²) in [6.45, 7) is 5.13. The lowest BCUT2D eigenvalue weighted by atomic mass is 10.0. The van der Waals surface area contributed by atoms with Crippen LogP contribution in [0.5, 0.6) is 0 Å². The molecule has 0 unspecified atom stereocenters. The zero-order chi connectivity index (χ0) is 36.8. The van der Waals surface area contributed by atoms with Gasteiger partial charge in [-0.3, -0.25) is 0 Å². The van der Waals surface area contributed by atoms with E-state index in [0.29, 0.717) is 6.61 Å². The van der Waals surface area contributed by atoms with Crippen molar-refractivity contribution in [3.8, 4) is 0 Å².